The fraction of sp³-hybridized carbons (Fsp3) is 0.208. The molecule has 2 saturated heterocycles. The fourth-order valence-electron chi connectivity index (χ4n) is 4.66. The summed E-state index contributed by atoms with van der Waals surface area (Å²) >= 11 is 0. The number of imidazole rings is 1. The summed E-state index contributed by atoms with van der Waals surface area (Å²) in [6.07, 6.45) is 7.55. The lowest BCUT2D eigenvalue weighted by Gasteiger charge is -2.56. The highest BCUT2D eigenvalue weighted by atomic mass is 16.5. The van der Waals surface area contributed by atoms with Gasteiger partial charge in [0.05, 0.1) is 36.0 Å². The zero-order valence-corrected chi connectivity index (χ0v) is 17.3. The monoisotopic (exact) mass is 423 g/mol. The van der Waals surface area contributed by atoms with Crippen molar-refractivity contribution in [1.29, 1.82) is 0 Å². The highest BCUT2D eigenvalue weighted by Crippen LogP contribution is 2.40. The smallest absolute Gasteiger partial charge is 0.180 e. The average Bonchev–Trinajstić information content (AvgIpc) is 3.41. The number of anilines is 3. The first-order chi connectivity index (χ1) is 15.7. The molecular weight excluding hydrogens is 402 g/mol. The Morgan fingerprint density at radius 1 is 1.06 bits per heavy atom. The molecule has 2 aliphatic rings. The summed E-state index contributed by atoms with van der Waals surface area (Å²) in [6, 6.07) is 14.7. The molecule has 0 bridgehead atoms. The van der Waals surface area contributed by atoms with Gasteiger partial charge < -0.3 is 19.4 Å². The van der Waals surface area contributed by atoms with Crippen LogP contribution in [0.15, 0.2) is 67.3 Å². The summed E-state index contributed by atoms with van der Waals surface area (Å²) in [5, 5.41) is 11.7. The summed E-state index contributed by atoms with van der Waals surface area (Å²) in [7, 11) is 0. The van der Waals surface area contributed by atoms with Crippen molar-refractivity contribution in [3.63, 3.8) is 0 Å². The molecule has 32 heavy (non-hydrogen) atoms. The van der Waals surface area contributed by atoms with Gasteiger partial charge in [-0.25, -0.2) is 9.97 Å². The lowest BCUT2D eigenvalue weighted by Crippen LogP contribution is -2.66. The predicted octanol–water partition coefficient (Wildman–Crippen LogP) is 3.85. The lowest BCUT2D eigenvalue weighted by molar-refractivity contribution is -0.127. The summed E-state index contributed by atoms with van der Waals surface area (Å²) in [4.78, 5) is 11.8. The van der Waals surface area contributed by atoms with Gasteiger partial charge in [0.2, 0.25) is 0 Å². The van der Waals surface area contributed by atoms with E-state index in [-0.39, 0.29) is 0 Å². The van der Waals surface area contributed by atoms with Gasteiger partial charge in [0.15, 0.2) is 11.5 Å². The second kappa shape index (κ2) is 6.54. The number of aromatic nitrogens is 5. The number of H-pyrrole nitrogens is 1. The Morgan fingerprint density at radius 3 is 2.75 bits per heavy atom. The summed E-state index contributed by atoms with van der Waals surface area (Å²) in [5.74, 6) is 0.722. The molecule has 1 spiro atoms. The van der Waals surface area contributed by atoms with Crippen LogP contribution in [0.4, 0.5) is 17.2 Å². The van der Waals surface area contributed by atoms with Crippen LogP contribution in [-0.4, -0.2) is 50.9 Å². The molecule has 0 atom stereocenters. The van der Waals surface area contributed by atoms with Gasteiger partial charge in [0.1, 0.15) is 0 Å². The largest absolute Gasteiger partial charge is 0.380 e. The molecule has 2 N–H and O–H groups in total. The highest BCUT2D eigenvalue weighted by Gasteiger charge is 2.48. The molecule has 3 aromatic heterocycles. The lowest BCUT2D eigenvalue weighted by atomic mass is 9.78. The minimum absolute atomic E-state index is 0.409. The molecule has 158 valence electrons. The third-order valence-electron chi connectivity index (χ3n) is 6.48. The third kappa shape index (κ3) is 2.76. The van der Waals surface area contributed by atoms with E-state index in [4.69, 9.17) is 9.72 Å². The van der Waals surface area contributed by atoms with Crippen molar-refractivity contribution < 1.29 is 4.74 Å². The number of hydrogen-bond acceptors (Lipinski definition) is 6. The van der Waals surface area contributed by atoms with E-state index < -0.39 is 0 Å². The molecule has 8 nitrogen and oxygen atoms in total. The number of ether oxygens (including phenoxy) is 1. The molecule has 5 heterocycles. The maximum atomic E-state index is 5.38. The van der Waals surface area contributed by atoms with Crippen LogP contribution in [0.1, 0.15) is 0 Å². The van der Waals surface area contributed by atoms with E-state index in [0.717, 1.165) is 65.6 Å². The van der Waals surface area contributed by atoms with Gasteiger partial charge in [-0.05, 0) is 30.3 Å². The van der Waals surface area contributed by atoms with Crippen molar-refractivity contribution in [1.82, 2.24) is 24.6 Å². The standard InChI is InChI=1S/C24H21N7O/c1-2-17-10-26-29-20(17)9-16(1)21-11-30-8-7-25-23(30)22(28-21)27-18-3-5-19(6-4-18)31-12-24(13-31)14-32-15-24/h1-11H,12-15H2,(H,26,29)(H,27,28). The second-order valence-electron chi connectivity index (χ2n) is 8.83. The van der Waals surface area contributed by atoms with Gasteiger partial charge in [0, 0.05) is 54.0 Å². The maximum Gasteiger partial charge on any atom is 0.180 e. The molecule has 0 aliphatic carbocycles. The molecule has 2 aromatic carbocycles. The number of benzene rings is 2. The van der Waals surface area contributed by atoms with E-state index in [9.17, 15) is 0 Å². The van der Waals surface area contributed by atoms with E-state index in [0.29, 0.717) is 5.41 Å². The Bertz CT molecular complexity index is 1440. The van der Waals surface area contributed by atoms with Gasteiger partial charge >= 0.3 is 0 Å². The number of rotatable bonds is 4. The summed E-state index contributed by atoms with van der Waals surface area (Å²) < 4.78 is 7.38. The number of nitrogens with one attached hydrogen (secondary N) is 2. The van der Waals surface area contributed by atoms with Crippen molar-refractivity contribution in [3.05, 3.63) is 67.3 Å². The van der Waals surface area contributed by atoms with E-state index in [1.807, 2.05) is 23.0 Å². The number of fused-ring (bicyclic) bond motifs is 2. The van der Waals surface area contributed by atoms with Crippen LogP contribution in [0.3, 0.4) is 0 Å². The van der Waals surface area contributed by atoms with Crippen molar-refractivity contribution >= 4 is 33.7 Å². The molecule has 0 unspecified atom stereocenters. The highest BCUT2D eigenvalue weighted by molar-refractivity contribution is 5.84. The van der Waals surface area contributed by atoms with Crippen molar-refractivity contribution in [2.45, 2.75) is 0 Å². The van der Waals surface area contributed by atoms with Crippen LogP contribution in [0.5, 0.6) is 0 Å². The first-order valence-corrected chi connectivity index (χ1v) is 10.7. The summed E-state index contributed by atoms with van der Waals surface area (Å²) in [6.45, 7) is 3.97. The molecule has 5 aromatic rings. The first kappa shape index (κ1) is 17.7. The minimum Gasteiger partial charge on any atom is -0.380 e. The zero-order chi connectivity index (χ0) is 21.1. The zero-order valence-electron chi connectivity index (χ0n) is 17.3. The van der Waals surface area contributed by atoms with E-state index in [1.54, 1.807) is 6.20 Å². The normalized spacial score (nSPS) is 16.9. The number of aromatic amines is 1. The van der Waals surface area contributed by atoms with E-state index >= 15 is 0 Å². The van der Waals surface area contributed by atoms with Gasteiger partial charge in [-0.15, -0.1) is 0 Å². The van der Waals surface area contributed by atoms with Crippen LogP contribution >= 0.6 is 0 Å². The van der Waals surface area contributed by atoms with Gasteiger partial charge in [0.25, 0.3) is 0 Å². The SMILES string of the molecule is c1cn2cc(-c3ccc4cn[nH]c4c3)nc(Nc3ccc(N4CC5(COC5)C4)cc3)c2n1. The topological polar surface area (TPSA) is 83.4 Å². The van der Waals surface area contributed by atoms with Crippen molar-refractivity contribution in [2.75, 3.05) is 36.5 Å². The molecule has 7 rings (SSSR count). The van der Waals surface area contributed by atoms with Crippen LogP contribution in [0, 0.1) is 5.41 Å². The molecule has 0 amide bonds. The predicted molar refractivity (Wildman–Crippen MR) is 123 cm³/mol. The van der Waals surface area contributed by atoms with E-state index in [2.05, 4.69) is 67.9 Å². The third-order valence-corrected chi connectivity index (χ3v) is 6.48. The van der Waals surface area contributed by atoms with Gasteiger partial charge in [-0.3, -0.25) is 5.10 Å². The molecule has 8 heteroatoms. The Hall–Kier alpha value is -3.91. The van der Waals surface area contributed by atoms with Crippen molar-refractivity contribution in [3.8, 4) is 11.3 Å². The molecule has 0 radical (unpaired) electrons. The first-order valence-electron chi connectivity index (χ1n) is 10.7. The Labute approximate surface area is 183 Å². The van der Waals surface area contributed by atoms with Crippen LogP contribution in [-0.2, 0) is 4.74 Å². The average molecular weight is 423 g/mol. The van der Waals surface area contributed by atoms with Crippen LogP contribution in [0.25, 0.3) is 27.8 Å². The molecule has 2 fully saturated rings. The molecule has 2 aliphatic heterocycles. The van der Waals surface area contributed by atoms with Gasteiger partial charge in [-0.2, -0.15) is 5.10 Å². The summed E-state index contributed by atoms with van der Waals surface area (Å²) in [5.41, 5.74) is 6.29. The van der Waals surface area contributed by atoms with Crippen LogP contribution in [0.2, 0.25) is 0 Å². The molecule has 0 saturated carbocycles. The Kier molecular flexibility index (Phi) is 3.63. The Morgan fingerprint density at radius 2 is 1.94 bits per heavy atom. The maximum absolute atomic E-state index is 5.38. The minimum atomic E-state index is 0.409. The quantitative estimate of drug-likeness (QED) is 0.457. The molecular formula is C24H21N7O. The second-order valence-corrected chi connectivity index (χ2v) is 8.83. The fourth-order valence-corrected chi connectivity index (χ4v) is 4.66. The van der Waals surface area contributed by atoms with Crippen LogP contribution < -0.4 is 10.2 Å². The van der Waals surface area contributed by atoms with E-state index in [1.165, 1.54) is 5.69 Å². The van der Waals surface area contributed by atoms with Gasteiger partial charge in [-0.1, -0.05) is 12.1 Å². The Balaban J connectivity index is 1.19. The number of hydrogen-bond donors (Lipinski definition) is 2. The van der Waals surface area contributed by atoms with Crippen molar-refractivity contribution in [2.24, 2.45) is 5.41 Å². The number of nitrogens with zero attached hydrogens (tertiary/aromatic N) is 5.